The average molecular weight is 467 g/mol. The number of hydrogen-bond acceptors (Lipinski definition) is 6. The normalized spacial score (nSPS) is 32.0. The minimum atomic E-state index is -0.719. The van der Waals surface area contributed by atoms with Crippen LogP contribution >= 0.6 is 0 Å². The van der Waals surface area contributed by atoms with Gasteiger partial charge in [-0.1, -0.05) is 27.7 Å². The molecule has 2 bridgehead atoms. The van der Waals surface area contributed by atoms with Crippen LogP contribution in [0.2, 0.25) is 0 Å². The van der Waals surface area contributed by atoms with E-state index in [-0.39, 0.29) is 41.5 Å². The van der Waals surface area contributed by atoms with E-state index < -0.39 is 18.2 Å². The Hall–Kier alpha value is -1.92. The van der Waals surface area contributed by atoms with Crippen molar-refractivity contribution in [3.05, 3.63) is 4.91 Å². The second-order valence-corrected chi connectivity index (χ2v) is 11.0. The number of hydrogen-bond donors (Lipinski definition) is 5. The number of aliphatic imine (C=N–C) groups is 1. The molecule has 4 rings (SSSR count). The highest BCUT2D eigenvalue weighted by Gasteiger charge is 2.68. The maximum absolute atomic E-state index is 12.8. The molecule has 33 heavy (non-hydrogen) atoms. The Balaban J connectivity index is 1.55. The van der Waals surface area contributed by atoms with Crippen LogP contribution < -0.4 is 22.2 Å². The van der Waals surface area contributed by atoms with Crippen LogP contribution in [0.5, 0.6) is 0 Å². The first-order chi connectivity index (χ1) is 15.3. The lowest BCUT2D eigenvalue weighted by Crippen LogP contribution is -2.65. The number of nitrogens with two attached hydrogens (primary N) is 2. The summed E-state index contributed by atoms with van der Waals surface area (Å²) in [5.74, 6) is 0.713. The zero-order valence-corrected chi connectivity index (χ0v) is 20.4. The van der Waals surface area contributed by atoms with Crippen LogP contribution in [0, 0.1) is 28.1 Å². The van der Waals surface area contributed by atoms with E-state index >= 15 is 0 Å². The van der Waals surface area contributed by atoms with Gasteiger partial charge in [0.2, 0.25) is 5.91 Å². The van der Waals surface area contributed by atoms with E-state index in [2.05, 4.69) is 44.9 Å². The van der Waals surface area contributed by atoms with Gasteiger partial charge < -0.3 is 26.1 Å². The maximum atomic E-state index is 12.8. The van der Waals surface area contributed by atoms with Crippen LogP contribution in [-0.2, 0) is 14.1 Å². The quantitative estimate of drug-likeness (QED) is 0.104. The summed E-state index contributed by atoms with van der Waals surface area (Å²) in [6, 6.07) is -0.719. The van der Waals surface area contributed by atoms with Crippen molar-refractivity contribution in [2.45, 2.75) is 90.4 Å². The summed E-state index contributed by atoms with van der Waals surface area (Å²) in [6.07, 6.45) is 3.84. The molecule has 0 unspecified atom stereocenters. The van der Waals surface area contributed by atoms with Gasteiger partial charge in [0.1, 0.15) is 4.91 Å². The van der Waals surface area contributed by atoms with Gasteiger partial charge in [-0.2, -0.15) is 0 Å². The molecule has 4 aliphatic rings. The molecule has 186 valence electrons. The van der Waals surface area contributed by atoms with Crippen LogP contribution in [0.3, 0.4) is 0 Å². The van der Waals surface area contributed by atoms with E-state index in [0.717, 1.165) is 12.8 Å². The fourth-order valence-corrected chi connectivity index (χ4v) is 5.88. The van der Waals surface area contributed by atoms with Gasteiger partial charge in [0.25, 0.3) is 5.96 Å². The van der Waals surface area contributed by atoms with E-state index in [1.807, 2.05) is 5.43 Å². The molecule has 1 saturated heterocycles. The number of carbonyl (C=O) groups is 1. The Morgan fingerprint density at radius 3 is 2.64 bits per heavy atom. The SMILES string of the molecule is CC(C)C[C@H](NC(=O)[C@@H](N)CCCN=C(N)N[N+](=O)O)B1O[C@@H]2C[C@@H]3C[C@@H](C3(C)C)[C@]2(C)O1. The first-order valence-electron chi connectivity index (χ1n) is 12.0. The van der Waals surface area contributed by atoms with E-state index in [4.69, 9.17) is 26.0 Å². The smallest absolute Gasteiger partial charge is 0.404 e. The van der Waals surface area contributed by atoms with E-state index in [9.17, 15) is 9.70 Å². The van der Waals surface area contributed by atoms with Crippen LogP contribution in [-0.4, -0.2) is 59.5 Å². The second-order valence-electron chi connectivity index (χ2n) is 11.0. The highest BCUT2D eigenvalue weighted by atomic mass is 16.7. The fraction of sp³-hybridized carbons (Fsp3) is 0.905. The van der Waals surface area contributed by atoms with Crippen molar-refractivity contribution in [3.63, 3.8) is 0 Å². The molecular formula is C21H40BN6O5+. The molecule has 6 atom stereocenters. The van der Waals surface area contributed by atoms with Crippen molar-refractivity contribution < 1.29 is 24.3 Å². The lowest BCUT2D eigenvalue weighted by molar-refractivity contribution is -0.822. The predicted molar refractivity (Wildman–Crippen MR) is 124 cm³/mol. The lowest BCUT2D eigenvalue weighted by Gasteiger charge is -2.64. The Kier molecular flexibility index (Phi) is 7.60. The van der Waals surface area contributed by atoms with E-state index in [1.54, 1.807) is 0 Å². The molecule has 1 aliphatic heterocycles. The topological polar surface area (TPSA) is 164 Å². The van der Waals surface area contributed by atoms with Crippen molar-refractivity contribution in [3.8, 4) is 0 Å². The number of guanidine groups is 1. The van der Waals surface area contributed by atoms with Crippen molar-refractivity contribution in [1.29, 1.82) is 0 Å². The van der Waals surface area contributed by atoms with Crippen LogP contribution in [0.15, 0.2) is 4.99 Å². The molecule has 1 heterocycles. The summed E-state index contributed by atoms with van der Waals surface area (Å²) in [4.78, 5) is 27.2. The summed E-state index contributed by atoms with van der Waals surface area (Å²) in [5.41, 5.74) is 13.4. The van der Waals surface area contributed by atoms with E-state index in [0.29, 0.717) is 30.6 Å². The molecule has 0 spiro atoms. The summed E-state index contributed by atoms with van der Waals surface area (Å²) in [5, 5.41) is 11.1. The number of carbonyl (C=O) groups excluding carboxylic acids is 1. The largest absolute Gasteiger partial charge is 0.481 e. The molecule has 1 amide bonds. The van der Waals surface area contributed by atoms with Gasteiger partial charge in [-0.3, -0.25) is 4.79 Å². The summed E-state index contributed by atoms with van der Waals surface area (Å²) < 4.78 is 13.0. The molecule has 7 N–H and O–H groups in total. The Labute approximate surface area is 196 Å². The van der Waals surface area contributed by atoms with Crippen LogP contribution in [0.4, 0.5) is 0 Å². The van der Waals surface area contributed by atoms with E-state index in [1.165, 1.54) is 6.42 Å². The third-order valence-corrected chi connectivity index (χ3v) is 7.85. The number of nitrogens with one attached hydrogen (secondary N) is 2. The monoisotopic (exact) mass is 467 g/mol. The first kappa shape index (κ1) is 25.7. The van der Waals surface area contributed by atoms with Crippen LogP contribution in [0.25, 0.3) is 0 Å². The molecule has 3 saturated carbocycles. The molecule has 0 aromatic heterocycles. The van der Waals surface area contributed by atoms with Crippen molar-refractivity contribution >= 4 is 19.0 Å². The third kappa shape index (κ3) is 5.43. The highest BCUT2D eigenvalue weighted by molar-refractivity contribution is 6.47. The highest BCUT2D eigenvalue weighted by Crippen LogP contribution is 2.65. The molecule has 0 aromatic carbocycles. The standard InChI is InChI=1S/C21H39BN6O5/c1-12(2)9-17(26-18(29)14(23)7-6-8-25-19(24)27-28(30)31)22-32-16-11-13-10-15(20(13,3)4)21(16,5)33-22/h12-17H,6-11,23H2,1-5H3,(H4-,24,25,26,27,29,30,31)/p+1/t13-,14-,15-,16+,17-,21-/m0/s1. The predicted octanol–water partition coefficient (Wildman–Crippen LogP) is 0.880. The first-order valence-corrected chi connectivity index (χ1v) is 12.0. The zero-order valence-electron chi connectivity index (χ0n) is 20.4. The second kappa shape index (κ2) is 9.75. The summed E-state index contributed by atoms with van der Waals surface area (Å²) in [7, 11) is -0.488. The minimum Gasteiger partial charge on any atom is -0.404 e. The fourth-order valence-electron chi connectivity index (χ4n) is 5.88. The third-order valence-electron chi connectivity index (χ3n) is 7.85. The molecular weight excluding hydrogens is 427 g/mol. The summed E-state index contributed by atoms with van der Waals surface area (Å²) >= 11 is 0. The molecule has 12 heteroatoms. The van der Waals surface area contributed by atoms with Gasteiger partial charge >= 0.3 is 12.2 Å². The zero-order chi connectivity index (χ0) is 24.6. The molecule has 0 radical (unpaired) electrons. The number of amides is 1. The number of rotatable bonds is 10. The number of hydrazine groups is 1. The maximum Gasteiger partial charge on any atom is 0.481 e. The molecule has 0 aromatic rings. The van der Waals surface area contributed by atoms with Gasteiger partial charge in [0.05, 0.1) is 23.7 Å². The molecule has 4 fully saturated rings. The van der Waals surface area contributed by atoms with Crippen LogP contribution in [0.1, 0.15) is 66.7 Å². The number of nitrogens with zero attached hydrogens (tertiary/aromatic N) is 2. The molecule has 11 nitrogen and oxygen atoms in total. The minimum absolute atomic E-state index is 0.0559. The van der Waals surface area contributed by atoms with Gasteiger partial charge in [0, 0.05) is 6.54 Å². The summed E-state index contributed by atoms with van der Waals surface area (Å²) in [6.45, 7) is 11.3. The Bertz CT molecular complexity index is 780. The van der Waals surface area contributed by atoms with Crippen molar-refractivity contribution in [1.82, 2.24) is 10.7 Å². The molecule has 3 aliphatic carbocycles. The van der Waals surface area contributed by atoms with Crippen molar-refractivity contribution in [2.75, 3.05) is 6.54 Å². The van der Waals surface area contributed by atoms with Gasteiger partial charge in [0.15, 0.2) is 0 Å². The Morgan fingerprint density at radius 1 is 1.33 bits per heavy atom. The van der Waals surface area contributed by atoms with Gasteiger partial charge in [-0.05, 0) is 67.6 Å². The van der Waals surface area contributed by atoms with Gasteiger partial charge in [-0.25, -0.2) is 10.2 Å². The Morgan fingerprint density at radius 2 is 2.03 bits per heavy atom. The van der Waals surface area contributed by atoms with Crippen molar-refractivity contribution in [2.24, 2.45) is 39.6 Å². The lowest BCUT2D eigenvalue weighted by atomic mass is 9.43. The van der Waals surface area contributed by atoms with Gasteiger partial charge in [-0.15, -0.1) is 0 Å². The average Bonchev–Trinajstić information content (AvgIpc) is 3.06.